The van der Waals surface area contributed by atoms with Crippen LogP contribution in [0.15, 0.2) is 41.5 Å². The molecule has 1 N–H and O–H groups in total. The maximum atomic E-state index is 12.6. The monoisotopic (exact) mass is 385 g/mol. The number of benzene rings is 1. The van der Waals surface area contributed by atoms with E-state index in [2.05, 4.69) is 10.3 Å². The number of fused-ring (bicyclic) bond motifs is 1. The minimum atomic E-state index is -0.932. The van der Waals surface area contributed by atoms with E-state index in [-0.39, 0.29) is 10.4 Å². The second-order valence-corrected chi connectivity index (χ2v) is 7.05. The standard InChI is InChI=1S/C19H19N3O4S/c1-4-13(16(23)21-12-8-6-5-7-9-12)26-19(25)15-11(2)14-17(27-15)20-10-22(3)18(14)24/h5-10,13H,4H2,1-3H3,(H,21,23). The molecule has 0 spiro atoms. The Balaban J connectivity index is 1.82. The molecule has 0 saturated carbocycles. The lowest BCUT2D eigenvalue weighted by molar-refractivity contribution is -0.124. The van der Waals surface area contributed by atoms with Crippen LogP contribution in [0.2, 0.25) is 0 Å². The van der Waals surface area contributed by atoms with Crippen LogP contribution in [0.1, 0.15) is 28.6 Å². The summed E-state index contributed by atoms with van der Waals surface area (Å²) in [6, 6.07) is 8.96. The molecule has 1 unspecified atom stereocenters. The van der Waals surface area contributed by atoms with E-state index in [0.717, 1.165) is 11.3 Å². The fourth-order valence-electron chi connectivity index (χ4n) is 2.65. The molecule has 140 valence electrons. The lowest BCUT2D eigenvalue weighted by Gasteiger charge is -2.15. The number of hydrogen-bond donors (Lipinski definition) is 1. The summed E-state index contributed by atoms with van der Waals surface area (Å²) in [4.78, 5) is 42.3. The van der Waals surface area contributed by atoms with Gasteiger partial charge in [0.1, 0.15) is 9.71 Å². The van der Waals surface area contributed by atoms with Crippen LogP contribution >= 0.6 is 11.3 Å². The number of nitrogens with one attached hydrogen (secondary N) is 1. The SMILES string of the molecule is CCC(OC(=O)c1sc2ncn(C)c(=O)c2c1C)C(=O)Nc1ccccc1. The molecular formula is C19H19N3O4S. The first-order chi connectivity index (χ1) is 12.9. The Morgan fingerprint density at radius 2 is 2.00 bits per heavy atom. The number of amides is 1. The van der Waals surface area contributed by atoms with Gasteiger partial charge in [0.15, 0.2) is 6.10 Å². The van der Waals surface area contributed by atoms with Gasteiger partial charge in [-0.25, -0.2) is 9.78 Å². The fraction of sp³-hybridized carbons (Fsp3) is 0.263. The van der Waals surface area contributed by atoms with Crippen LogP contribution < -0.4 is 10.9 Å². The van der Waals surface area contributed by atoms with Crippen LogP contribution in [-0.2, 0) is 16.6 Å². The van der Waals surface area contributed by atoms with E-state index < -0.39 is 18.0 Å². The normalized spacial score (nSPS) is 12.0. The molecule has 0 bridgehead atoms. The van der Waals surface area contributed by atoms with E-state index in [9.17, 15) is 14.4 Å². The molecule has 8 heteroatoms. The number of carbonyl (C=O) groups excluding carboxylic acids is 2. The van der Waals surface area contributed by atoms with Gasteiger partial charge in [0.25, 0.3) is 11.5 Å². The van der Waals surface area contributed by atoms with Gasteiger partial charge in [0.2, 0.25) is 0 Å². The van der Waals surface area contributed by atoms with Crippen LogP contribution in [0.4, 0.5) is 5.69 Å². The highest BCUT2D eigenvalue weighted by molar-refractivity contribution is 7.20. The van der Waals surface area contributed by atoms with Crippen molar-refractivity contribution in [1.29, 1.82) is 0 Å². The second-order valence-electron chi connectivity index (χ2n) is 6.05. The Hall–Kier alpha value is -3.00. The van der Waals surface area contributed by atoms with Crippen molar-refractivity contribution < 1.29 is 14.3 Å². The lowest BCUT2D eigenvalue weighted by Crippen LogP contribution is -2.32. The van der Waals surface area contributed by atoms with E-state index in [1.165, 1.54) is 10.9 Å². The van der Waals surface area contributed by atoms with E-state index >= 15 is 0 Å². The lowest BCUT2D eigenvalue weighted by atomic mass is 10.2. The number of para-hydroxylation sites is 1. The molecule has 0 radical (unpaired) electrons. The van der Waals surface area contributed by atoms with Crippen molar-refractivity contribution >= 4 is 39.1 Å². The van der Waals surface area contributed by atoms with Gasteiger partial charge in [0.05, 0.1) is 11.7 Å². The largest absolute Gasteiger partial charge is 0.448 e. The van der Waals surface area contributed by atoms with Gasteiger partial charge in [0, 0.05) is 12.7 Å². The third-order valence-electron chi connectivity index (χ3n) is 4.15. The molecule has 1 atom stereocenters. The molecule has 2 heterocycles. The summed E-state index contributed by atoms with van der Waals surface area (Å²) in [6.45, 7) is 3.45. The minimum absolute atomic E-state index is 0.221. The predicted molar refractivity (Wildman–Crippen MR) is 104 cm³/mol. The zero-order valence-corrected chi connectivity index (χ0v) is 16.0. The van der Waals surface area contributed by atoms with E-state index in [1.54, 1.807) is 45.2 Å². The van der Waals surface area contributed by atoms with Crippen molar-refractivity contribution in [3.8, 4) is 0 Å². The molecule has 3 aromatic rings. The maximum Gasteiger partial charge on any atom is 0.349 e. The quantitative estimate of drug-likeness (QED) is 0.682. The van der Waals surface area contributed by atoms with Gasteiger partial charge in [-0.2, -0.15) is 0 Å². The summed E-state index contributed by atoms with van der Waals surface area (Å²) >= 11 is 1.09. The Kier molecular flexibility index (Phi) is 5.36. The number of rotatable bonds is 5. The zero-order valence-electron chi connectivity index (χ0n) is 15.2. The van der Waals surface area contributed by atoms with Gasteiger partial charge in [-0.1, -0.05) is 25.1 Å². The molecule has 0 fully saturated rings. The summed E-state index contributed by atoms with van der Waals surface area (Å²) in [7, 11) is 1.60. The van der Waals surface area contributed by atoms with Crippen molar-refractivity contribution in [2.45, 2.75) is 26.4 Å². The first-order valence-corrected chi connectivity index (χ1v) is 9.25. The number of carbonyl (C=O) groups is 2. The molecule has 0 aliphatic heterocycles. The van der Waals surface area contributed by atoms with Crippen molar-refractivity contribution in [2.75, 3.05) is 5.32 Å². The first kappa shape index (κ1) is 18.8. The number of aryl methyl sites for hydroxylation is 2. The Morgan fingerprint density at radius 1 is 1.30 bits per heavy atom. The molecule has 7 nitrogen and oxygen atoms in total. The number of aromatic nitrogens is 2. The molecule has 0 aliphatic carbocycles. The summed E-state index contributed by atoms with van der Waals surface area (Å²) in [5.41, 5.74) is 0.927. The highest BCUT2D eigenvalue weighted by atomic mass is 32.1. The van der Waals surface area contributed by atoms with E-state index in [4.69, 9.17) is 4.74 Å². The van der Waals surface area contributed by atoms with Crippen molar-refractivity contribution in [3.63, 3.8) is 0 Å². The number of ether oxygens (including phenoxy) is 1. The molecule has 27 heavy (non-hydrogen) atoms. The number of thiophene rings is 1. The molecule has 2 aromatic heterocycles. The molecule has 1 amide bonds. The maximum absolute atomic E-state index is 12.6. The third-order valence-corrected chi connectivity index (χ3v) is 5.33. The first-order valence-electron chi connectivity index (χ1n) is 8.44. The highest BCUT2D eigenvalue weighted by Gasteiger charge is 2.26. The Labute approximate surface area is 159 Å². The zero-order chi connectivity index (χ0) is 19.6. The molecule has 0 aliphatic rings. The average molecular weight is 385 g/mol. The number of nitrogens with zero attached hydrogens (tertiary/aromatic N) is 2. The van der Waals surface area contributed by atoms with Gasteiger partial charge < -0.3 is 14.6 Å². The van der Waals surface area contributed by atoms with Crippen LogP contribution in [0, 0.1) is 6.92 Å². The Morgan fingerprint density at radius 3 is 2.67 bits per heavy atom. The molecule has 0 saturated heterocycles. The number of anilines is 1. The summed E-state index contributed by atoms with van der Waals surface area (Å²) < 4.78 is 6.78. The van der Waals surface area contributed by atoms with Crippen LogP contribution in [-0.4, -0.2) is 27.5 Å². The Bertz CT molecular complexity index is 1060. The van der Waals surface area contributed by atoms with E-state index in [1.807, 2.05) is 6.07 Å². The smallest absolute Gasteiger partial charge is 0.349 e. The summed E-state index contributed by atoms with van der Waals surface area (Å²) in [6.07, 6.45) is 0.810. The summed E-state index contributed by atoms with van der Waals surface area (Å²) in [5.74, 6) is -1.03. The number of esters is 1. The average Bonchev–Trinajstić information content (AvgIpc) is 3.00. The number of hydrogen-bond acceptors (Lipinski definition) is 6. The molecular weight excluding hydrogens is 366 g/mol. The van der Waals surface area contributed by atoms with Crippen molar-refractivity contribution in [3.05, 3.63) is 57.5 Å². The van der Waals surface area contributed by atoms with E-state index in [0.29, 0.717) is 27.9 Å². The molecule has 3 rings (SSSR count). The van der Waals surface area contributed by atoms with Crippen LogP contribution in [0.3, 0.4) is 0 Å². The van der Waals surface area contributed by atoms with Gasteiger partial charge >= 0.3 is 5.97 Å². The third kappa shape index (κ3) is 3.75. The van der Waals surface area contributed by atoms with Crippen molar-refractivity contribution in [1.82, 2.24) is 9.55 Å². The van der Waals surface area contributed by atoms with Crippen LogP contribution in [0.5, 0.6) is 0 Å². The second kappa shape index (κ2) is 7.71. The van der Waals surface area contributed by atoms with Gasteiger partial charge in [-0.3, -0.25) is 9.59 Å². The van der Waals surface area contributed by atoms with Crippen molar-refractivity contribution in [2.24, 2.45) is 7.05 Å². The predicted octanol–water partition coefficient (Wildman–Crippen LogP) is 2.88. The molecule has 1 aromatic carbocycles. The minimum Gasteiger partial charge on any atom is -0.448 e. The summed E-state index contributed by atoms with van der Waals surface area (Å²) in [5, 5.41) is 3.13. The van der Waals surface area contributed by atoms with Gasteiger partial charge in [-0.15, -0.1) is 11.3 Å². The fourth-order valence-corrected chi connectivity index (χ4v) is 3.68. The van der Waals surface area contributed by atoms with Gasteiger partial charge in [-0.05, 0) is 31.0 Å². The van der Waals surface area contributed by atoms with Crippen LogP contribution in [0.25, 0.3) is 10.2 Å². The highest BCUT2D eigenvalue weighted by Crippen LogP contribution is 2.28. The topological polar surface area (TPSA) is 90.3 Å².